The molecule has 1 saturated carbocycles. The van der Waals surface area contributed by atoms with Crippen LogP contribution in [0, 0.1) is 5.92 Å². The van der Waals surface area contributed by atoms with E-state index in [0.29, 0.717) is 11.7 Å². The minimum absolute atomic E-state index is 0.0784. The molecule has 1 aliphatic rings. The molecule has 3 nitrogen and oxygen atoms in total. The molecule has 0 radical (unpaired) electrons. The summed E-state index contributed by atoms with van der Waals surface area (Å²) in [6.45, 7) is 5.67. The molecule has 0 heterocycles. The molecule has 1 fully saturated rings. The van der Waals surface area contributed by atoms with Crippen molar-refractivity contribution in [1.82, 2.24) is 0 Å². The zero-order valence-corrected chi connectivity index (χ0v) is 11.4. The zero-order valence-electron chi connectivity index (χ0n) is 11.4. The Morgan fingerprint density at radius 1 is 1.21 bits per heavy atom. The van der Waals surface area contributed by atoms with Crippen LogP contribution in [0.25, 0.3) is 0 Å². The quantitative estimate of drug-likeness (QED) is 0.514. The lowest BCUT2D eigenvalue weighted by atomic mass is 9.79. The third-order valence-corrected chi connectivity index (χ3v) is 3.84. The molecule has 3 heteroatoms. The van der Waals surface area contributed by atoms with Crippen LogP contribution in [-0.2, 0) is 4.79 Å². The Hall–Kier alpha value is -1.77. The Morgan fingerprint density at radius 3 is 2.32 bits per heavy atom. The van der Waals surface area contributed by atoms with Gasteiger partial charge in [-0.05, 0) is 42.4 Å². The Kier molecular flexibility index (Phi) is 4.25. The van der Waals surface area contributed by atoms with E-state index in [9.17, 15) is 4.79 Å². The van der Waals surface area contributed by atoms with Crippen LogP contribution < -0.4 is 10.5 Å². The van der Waals surface area contributed by atoms with E-state index in [1.165, 1.54) is 31.2 Å². The minimum atomic E-state index is -0.584. The second-order valence-electron chi connectivity index (χ2n) is 5.44. The summed E-state index contributed by atoms with van der Waals surface area (Å²) in [6, 6.07) is 7.74. The lowest BCUT2D eigenvalue weighted by molar-refractivity contribution is -0.130. The molecule has 102 valence electrons. The van der Waals surface area contributed by atoms with E-state index in [1.807, 2.05) is 24.3 Å². The first-order valence-corrected chi connectivity index (χ1v) is 6.82. The van der Waals surface area contributed by atoms with E-state index in [4.69, 9.17) is 10.5 Å². The van der Waals surface area contributed by atoms with E-state index in [1.54, 1.807) is 0 Å². The number of esters is 1. The average molecular weight is 259 g/mol. The van der Waals surface area contributed by atoms with E-state index in [2.05, 4.69) is 13.5 Å². The highest BCUT2D eigenvalue weighted by atomic mass is 16.5. The Bertz CT molecular complexity index is 456. The second-order valence-corrected chi connectivity index (χ2v) is 5.44. The van der Waals surface area contributed by atoms with Gasteiger partial charge in [0.25, 0.3) is 0 Å². The summed E-state index contributed by atoms with van der Waals surface area (Å²) in [4.78, 5) is 11.3. The summed E-state index contributed by atoms with van der Waals surface area (Å²) in [7, 11) is 0. The van der Waals surface area contributed by atoms with Crippen LogP contribution in [0.15, 0.2) is 36.5 Å². The molecule has 1 aromatic carbocycles. The molecule has 1 aromatic rings. The maximum Gasteiger partial charge on any atom is 0.358 e. The molecule has 1 aliphatic carbocycles. The van der Waals surface area contributed by atoms with Crippen molar-refractivity contribution in [2.45, 2.75) is 38.5 Å². The first-order valence-electron chi connectivity index (χ1n) is 6.82. The lowest BCUT2D eigenvalue weighted by Crippen LogP contribution is -2.16. The number of carbonyl (C=O) groups excluding carboxylic acids is 1. The highest BCUT2D eigenvalue weighted by Gasteiger charge is 2.19. The van der Waals surface area contributed by atoms with Crippen LogP contribution in [0.4, 0.5) is 0 Å². The van der Waals surface area contributed by atoms with E-state index in [-0.39, 0.29) is 5.70 Å². The normalized spacial score (nSPS) is 22.8. The standard InChI is InChI=1S/C16H21NO2/c1-11-3-5-13(6-4-11)14-7-9-15(10-8-14)19-16(18)12(2)17/h7-11,13H,2-6,17H2,1H3. The third-order valence-electron chi connectivity index (χ3n) is 3.84. The van der Waals surface area contributed by atoms with Crippen molar-refractivity contribution in [1.29, 1.82) is 0 Å². The van der Waals surface area contributed by atoms with Crippen molar-refractivity contribution >= 4 is 5.97 Å². The van der Waals surface area contributed by atoms with Crippen molar-refractivity contribution in [3.05, 3.63) is 42.1 Å². The van der Waals surface area contributed by atoms with Gasteiger partial charge < -0.3 is 10.5 Å². The Balaban J connectivity index is 1.98. The van der Waals surface area contributed by atoms with Gasteiger partial charge in [0.1, 0.15) is 11.4 Å². The number of hydrogen-bond acceptors (Lipinski definition) is 3. The summed E-state index contributed by atoms with van der Waals surface area (Å²) in [6.07, 6.45) is 5.10. The molecular formula is C16H21NO2. The van der Waals surface area contributed by atoms with Crippen LogP contribution in [0.2, 0.25) is 0 Å². The first-order chi connectivity index (χ1) is 9.06. The number of carbonyl (C=O) groups is 1. The van der Waals surface area contributed by atoms with Crippen molar-refractivity contribution < 1.29 is 9.53 Å². The van der Waals surface area contributed by atoms with Gasteiger partial charge in [-0.1, -0.05) is 38.5 Å². The molecule has 0 spiro atoms. The molecule has 0 unspecified atom stereocenters. The summed E-state index contributed by atoms with van der Waals surface area (Å²) in [5.74, 6) is 1.43. The maximum absolute atomic E-state index is 11.3. The van der Waals surface area contributed by atoms with Gasteiger partial charge in [0.15, 0.2) is 0 Å². The number of ether oxygens (including phenoxy) is 1. The van der Waals surface area contributed by atoms with Gasteiger partial charge in [-0.15, -0.1) is 0 Å². The van der Waals surface area contributed by atoms with Crippen LogP contribution in [0.3, 0.4) is 0 Å². The fourth-order valence-corrected chi connectivity index (χ4v) is 2.57. The fourth-order valence-electron chi connectivity index (χ4n) is 2.57. The number of rotatable bonds is 3. The summed E-state index contributed by atoms with van der Waals surface area (Å²) < 4.78 is 5.07. The molecule has 0 bridgehead atoms. The van der Waals surface area contributed by atoms with Crippen molar-refractivity contribution in [3.8, 4) is 5.75 Å². The fraction of sp³-hybridized carbons (Fsp3) is 0.438. The number of hydrogen-bond donors (Lipinski definition) is 1. The topological polar surface area (TPSA) is 52.3 Å². The summed E-state index contributed by atoms with van der Waals surface area (Å²) in [5.41, 5.74) is 6.53. The molecule has 0 aromatic heterocycles. The van der Waals surface area contributed by atoms with Crippen LogP contribution >= 0.6 is 0 Å². The van der Waals surface area contributed by atoms with Gasteiger partial charge in [-0.2, -0.15) is 0 Å². The highest BCUT2D eigenvalue weighted by molar-refractivity contribution is 5.88. The molecule has 0 aliphatic heterocycles. The van der Waals surface area contributed by atoms with Gasteiger partial charge in [-0.25, -0.2) is 4.79 Å². The molecule has 0 amide bonds. The van der Waals surface area contributed by atoms with E-state index >= 15 is 0 Å². The largest absolute Gasteiger partial charge is 0.422 e. The molecule has 2 rings (SSSR count). The van der Waals surface area contributed by atoms with Crippen LogP contribution in [-0.4, -0.2) is 5.97 Å². The zero-order chi connectivity index (χ0) is 13.8. The highest BCUT2D eigenvalue weighted by Crippen LogP contribution is 2.35. The molecule has 2 N–H and O–H groups in total. The molecular weight excluding hydrogens is 238 g/mol. The van der Waals surface area contributed by atoms with Crippen molar-refractivity contribution in [2.75, 3.05) is 0 Å². The predicted octanol–water partition coefficient (Wildman–Crippen LogP) is 3.36. The van der Waals surface area contributed by atoms with Gasteiger partial charge in [0.2, 0.25) is 0 Å². The lowest BCUT2D eigenvalue weighted by Gasteiger charge is -2.26. The van der Waals surface area contributed by atoms with Crippen LogP contribution in [0.5, 0.6) is 5.75 Å². The van der Waals surface area contributed by atoms with E-state index in [0.717, 1.165) is 5.92 Å². The summed E-state index contributed by atoms with van der Waals surface area (Å²) >= 11 is 0. The predicted molar refractivity (Wildman–Crippen MR) is 75.8 cm³/mol. The van der Waals surface area contributed by atoms with Gasteiger partial charge in [0, 0.05) is 0 Å². The minimum Gasteiger partial charge on any atom is -0.422 e. The SMILES string of the molecule is C=C(N)C(=O)Oc1ccc(C2CCC(C)CC2)cc1. The molecule has 0 atom stereocenters. The molecule has 0 saturated heterocycles. The van der Waals surface area contributed by atoms with Gasteiger partial charge in [0.05, 0.1) is 0 Å². The second kappa shape index (κ2) is 5.91. The number of benzene rings is 1. The van der Waals surface area contributed by atoms with Crippen molar-refractivity contribution in [3.63, 3.8) is 0 Å². The smallest absolute Gasteiger partial charge is 0.358 e. The maximum atomic E-state index is 11.3. The number of nitrogens with two attached hydrogens (primary N) is 1. The summed E-state index contributed by atoms with van der Waals surface area (Å²) in [5, 5.41) is 0. The average Bonchev–Trinajstić information content (AvgIpc) is 2.40. The van der Waals surface area contributed by atoms with Gasteiger partial charge in [-0.3, -0.25) is 0 Å². The third kappa shape index (κ3) is 3.60. The first kappa shape index (κ1) is 13.7. The Morgan fingerprint density at radius 2 is 1.79 bits per heavy atom. The molecule has 19 heavy (non-hydrogen) atoms. The van der Waals surface area contributed by atoms with Gasteiger partial charge >= 0.3 is 5.97 Å². The van der Waals surface area contributed by atoms with Crippen molar-refractivity contribution in [2.24, 2.45) is 11.7 Å². The monoisotopic (exact) mass is 259 g/mol. The van der Waals surface area contributed by atoms with Crippen LogP contribution in [0.1, 0.15) is 44.1 Å². The van der Waals surface area contributed by atoms with E-state index < -0.39 is 5.97 Å². The Labute approximate surface area is 114 Å².